The zero-order chi connectivity index (χ0) is 25.5. The first-order chi connectivity index (χ1) is 17.4. The molecule has 2 aliphatic rings. The van der Waals surface area contributed by atoms with E-state index in [-0.39, 0.29) is 11.3 Å². The summed E-state index contributed by atoms with van der Waals surface area (Å²) in [5.74, 6) is -0.826. The molecular formula is C26H32N4O6. The maximum absolute atomic E-state index is 12.5. The van der Waals surface area contributed by atoms with Crippen molar-refractivity contribution in [3.8, 4) is 0 Å². The van der Waals surface area contributed by atoms with Crippen molar-refractivity contribution in [3.05, 3.63) is 63.7 Å². The third kappa shape index (κ3) is 6.79. The van der Waals surface area contributed by atoms with Gasteiger partial charge in [0.1, 0.15) is 5.69 Å². The summed E-state index contributed by atoms with van der Waals surface area (Å²) in [5.41, 5.74) is 2.12. The molecule has 10 heteroatoms. The summed E-state index contributed by atoms with van der Waals surface area (Å²) < 4.78 is 10.5. The van der Waals surface area contributed by atoms with Crippen LogP contribution < -0.4 is 10.2 Å². The molecule has 0 bridgehead atoms. The SMILES string of the molecule is C[C@@H]1CCCN(c2ccc(C(=O)OCC(=O)Nc3ccc(CN4CCOCC4)cc3)cc2[N+](=O)[O-])C1. The number of morpholine rings is 1. The second-order valence-electron chi connectivity index (χ2n) is 9.36. The molecule has 0 aliphatic carbocycles. The minimum Gasteiger partial charge on any atom is -0.452 e. The van der Waals surface area contributed by atoms with Gasteiger partial charge in [0, 0.05) is 44.5 Å². The Labute approximate surface area is 210 Å². The first-order valence-electron chi connectivity index (χ1n) is 12.3. The van der Waals surface area contributed by atoms with E-state index >= 15 is 0 Å². The van der Waals surface area contributed by atoms with E-state index in [9.17, 15) is 19.7 Å². The van der Waals surface area contributed by atoms with E-state index in [0.29, 0.717) is 17.3 Å². The fourth-order valence-corrected chi connectivity index (χ4v) is 4.59. The molecule has 192 valence electrons. The van der Waals surface area contributed by atoms with Crippen LogP contribution in [-0.4, -0.2) is 67.7 Å². The van der Waals surface area contributed by atoms with E-state index in [1.54, 1.807) is 18.2 Å². The molecule has 2 heterocycles. The van der Waals surface area contributed by atoms with Gasteiger partial charge in [-0.1, -0.05) is 19.1 Å². The lowest BCUT2D eigenvalue weighted by Crippen LogP contribution is -2.35. The average molecular weight is 497 g/mol. The highest BCUT2D eigenvalue weighted by Crippen LogP contribution is 2.32. The second kappa shape index (κ2) is 12.0. The van der Waals surface area contributed by atoms with Crippen LogP contribution in [0.25, 0.3) is 0 Å². The number of nitro groups is 1. The zero-order valence-electron chi connectivity index (χ0n) is 20.5. The Morgan fingerprint density at radius 2 is 1.89 bits per heavy atom. The molecule has 4 rings (SSSR count). The Balaban J connectivity index is 1.30. The van der Waals surface area contributed by atoms with Crippen LogP contribution in [0.15, 0.2) is 42.5 Å². The molecule has 1 amide bonds. The molecule has 2 saturated heterocycles. The summed E-state index contributed by atoms with van der Waals surface area (Å²) in [6.45, 7) is 7.19. The number of hydrogen-bond donors (Lipinski definition) is 1. The Morgan fingerprint density at radius 3 is 2.58 bits per heavy atom. The van der Waals surface area contributed by atoms with Gasteiger partial charge in [-0.2, -0.15) is 0 Å². The highest BCUT2D eigenvalue weighted by molar-refractivity contribution is 5.96. The lowest BCUT2D eigenvalue weighted by Gasteiger charge is -2.32. The number of esters is 1. The van der Waals surface area contributed by atoms with Crippen LogP contribution in [0.2, 0.25) is 0 Å². The van der Waals surface area contributed by atoms with Crippen LogP contribution >= 0.6 is 0 Å². The first-order valence-corrected chi connectivity index (χ1v) is 12.3. The van der Waals surface area contributed by atoms with Gasteiger partial charge in [0.05, 0.1) is 23.7 Å². The largest absolute Gasteiger partial charge is 0.452 e. The summed E-state index contributed by atoms with van der Waals surface area (Å²) in [6, 6.07) is 11.8. The van der Waals surface area contributed by atoms with Crippen molar-refractivity contribution in [3.63, 3.8) is 0 Å². The summed E-state index contributed by atoms with van der Waals surface area (Å²) in [6.07, 6.45) is 2.06. The molecule has 10 nitrogen and oxygen atoms in total. The van der Waals surface area contributed by atoms with Crippen LogP contribution in [-0.2, 0) is 20.8 Å². The maximum atomic E-state index is 12.5. The standard InChI is InChI=1S/C26H32N4O6/c1-19-3-2-10-29(16-19)23-9-6-21(15-24(23)30(33)34)26(32)36-18-25(31)27-22-7-4-20(5-8-22)17-28-11-13-35-14-12-28/h4-9,15,19H,2-3,10-14,16-18H2,1H3,(H,27,31)/t19-/m1/s1. The highest BCUT2D eigenvalue weighted by atomic mass is 16.6. The first kappa shape index (κ1) is 25.6. The van der Waals surface area contributed by atoms with Crippen molar-refractivity contribution in [2.24, 2.45) is 5.92 Å². The fraction of sp³-hybridized carbons (Fsp3) is 0.462. The minimum atomic E-state index is -0.785. The molecule has 0 radical (unpaired) electrons. The Morgan fingerprint density at radius 1 is 1.14 bits per heavy atom. The number of nitrogens with one attached hydrogen (secondary N) is 1. The number of hydrogen-bond acceptors (Lipinski definition) is 8. The van der Waals surface area contributed by atoms with E-state index < -0.39 is 23.4 Å². The number of benzene rings is 2. The number of nitrogens with zero attached hydrogens (tertiary/aromatic N) is 3. The summed E-state index contributed by atoms with van der Waals surface area (Å²) in [5, 5.41) is 14.4. The van der Waals surface area contributed by atoms with Crippen molar-refractivity contribution < 1.29 is 24.0 Å². The highest BCUT2D eigenvalue weighted by Gasteiger charge is 2.25. The Kier molecular flexibility index (Phi) is 8.50. The molecule has 2 aliphatic heterocycles. The van der Waals surface area contributed by atoms with E-state index in [2.05, 4.69) is 17.1 Å². The monoisotopic (exact) mass is 496 g/mol. The molecule has 0 saturated carbocycles. The number of carbonyl (C=O) groups is 2. The summed E-state index contributed by atoms with van der Waals surface area (Å²) in [7, 11) is 0. The Bertz CT molecular complexity index is 1080. The van der Waals surface area contributed by atoms with Crippen molar-refractivity contribution in [2.45, 2.75) is 26.3 Å². The molecule has 1 N–H and O–H groups in total. The molecule has 0 unspecified atom stereocenters. The molecular weight excluding hydrogens is 464 g/mol. The third-order valence-electron chi connectivity index (χ3n) is 6.49. The van der Waals surface area contributed by atoms with E-state index in [0.717, 1.165) is 64.3 Å². The second-order valence-corrected chi connectivity index (χ2v) is 9.36. The molecule has 2 aromatic rings. The molecule has 2 fully saturated rings. The number of rotatable bonds is 8. The smallest absolute Gasteiger partial charge is 0.338 e. The van der Waals surface area contributed by atoms with Gasteiger partial charge in [-0.15, -0.1) is 0 Å². The fourth-order valence-electron chi connectivity index (χ4n) is 4.59. The van der Waals surface area contributed by atoms with Crippen LogP contribution in [0.3, 0.4) is 0 Å². The Hall–Kier alpha value is -3.50. The van der Waals surface area contributed by atoms with Gasteiger partial charge in [-0.3, -0.25) is 19.8 Å². The van der Waals surface area contributed by atoms with Gasteiger partial charge < -0.3 is 19.7 Å². The average Bonchev–Trinajstić information content (AvgIpc) is 2.88. The lowest BCUT2D eigenvalue weighted by atomic mass is 9.99. The number of anilines is 2. The predicted molar refractivity (Wildman–Crippen MR) is 135 cm³/mol. The van der Waals surface area contributed by atoms with Gasteiger partial charge in [-0.05, 0) is 48.6 Å². The van der Waals surface area contributed by atoms with Crippen LogP contribution in [0.1, 0.15) is 35.7 Å². The third-order valence-corrected chi connectivity index (χ3v) is 6.49. The van der Waals surface area contributed by atoms with Crippen molar-refractivity contribution >= 4 is 28.9 Å². The van der Waals surface area contributed by atoms with Gasteiger partial charge in [-0.25, -0.2) is 4.79 Å². The number of ether oxygens (including phenoxy) is 2. The van der Waals surface area contributed by atoms with Gasteiger partial charge in [0.15, 0.2) is 6.61 Å². The van der Waals surface area contributed by atoms with Crippen molar-refractivity contribution in [1.82, 2.24) is 4.90 Å². The number of piperidine rings is 1. The summed E-state index contributed by atoms with van der Waals surface area (Å²) >= 11 is 0. The van der Waals surface area contributed by atoms with Gasteiger partial charge in [0.25, 0.3) is 11.6 Å². The summed E-state index contributed by atoms with van der Waals surface area (Å²) in [4.78, 5) is 40.3. The number of nitro benzene ring substituents is 1. The van der Waals surface area contributed by atoms with Crippen molar-refractivity contribution in [1.29, 1.82) is 0 Å². The maximum Gasteiger partial charge on any atom is 0.338 e. The number of amides is 1. The van der Waals surface area contributed by atoms with Gasteiger partial charge >= 0.3 is 5.97 Å². The minimum absolute atomic E-state index is 0.0378. The molecule has 2 aromatic carbocycles. The molecule has 0 spiro atoms. The molecule has 1 atom stereocenters. The van der Waals surface area contributed by atoms with Crippen LogP contribution in [0.5, 0.6) is 0 Å². The van der Waals surface area contributed by atoms with Crippen molar-refractivity contribution in [2.75, 3.05) is 56.2 Å². The van der Waals surface area contributed by atoms with E-state index in [1.807, 2.05) is 17.0 Å². The molecule has 0 aromatic heterocycles. The van der Waals surface area contributed by atoms with Crippen LogP contribution in [0.4, 0.5) is 17.1 Å². The topological polar surface area (TPSA) is 114 Å². The van der Waals surface area contributed by atoms with Gasteiger partial charge in [0.2, 0.25) is 0 Å². The van der Waals surface area contributed by atoms with E-state index in [4.69, 9.17) is 9.47 Å². The number of carbonyl (C=O) groups excluding carboxylic acids is 2. The lowest BCUT2D eigenvalue weighted by molar-refractivity contribution is -0.384. The molecule has 36 heavy (non-hydrogen) atoms. The van der Waals surface area contributed by atoms with E-state index in [1.165, 1.54) is 12.1 Å². The predicted octanol–water partition coefficient (Wildman–Crippen LogP) is 3.46. The normalized spacial score (nSPS) is 18.5. The zero-order valence-corrected chi connectivity index (χ0v) is 20.5. The quantitative estimate of drug-likeness (QED) is 0.336. The van der Waals surface area contributed by atoms with Crippen LogP contribution in [0, 0.1) is 16.0 Å².